The minimum Gasteiger partial charge on any atom is -0.382 e. The lowest BCUT2D eigenvalue weighted by molar-refractivity contribution is -0.0433. The zero-order chi connectivity index (χ0) is 14.0. The predicted octanol–water partition coefficient (Wildman–Crippen LogP) is 2.08. The standard InChI is InChI=1S/C14H31NO3/c1-12(2)9-15-10-13(11-16-5)18-8-7-14(3,4)17-6/h12-13,15H,7-11H2,1-6H3. The second-order valence-corrected chi connectivity index (χ2v) is 5.71. The number of hydrogen-bond acceptors (Lipinski definition) is 4. The van der Waals surface area contributed by atoms with Crippen LogP contribution in [0.4, 0.5) is 0 Å². The molecule has 0 heterocycles. The largest absolute Gasteiger partial charge is 0.382 e. The Kier molecular flexibility index (Phi) is 9.64. The van der Waals surface area contributed by atoms with Gasteiger partial charge in [-0.3, -0.25) is 0 Å². The van der Waals surface area contributed by atoms with Gasteiger partial charge in [0.1, 0.15) is 0 Å². The summed E-state index contributed by atoms with van der Waals surface area (Å²) in [6.45, 7) is 11.7. The van der Waals surface area contributed by atoms with Crippen LogP contribution < -0.4 is 5.32 Å². The van der Waals surface area contributed by atoms with E-state index in [1.165, 1.54) is 0 Å². The second kappa shape index (κ2) is 9.73. The van der Waals surface area contributed by atoms with E-state index in [0.717, 1.165) is 19.5 Å². The van der Waals surface area contributed by atoms with Crippen LogP contribution in [0.3, 0.4) is 0 Å². The Hall–Kier alpha value is -0.160. The maximum atomic E-state index is 5.83. The van der Waals surface area contributed by atoms with Gasteiger partial charge in [0.25, 0.3) is 0 Å². The maximum Gasteiger partial charge on any atom is 0.0932 e. The lowest BCUT2D eigenvalue weighted by atomic mass is 10.1. The van der Waals surface area contributed by atoms with Gasteiger partial charge >= 0.3 is 0 Å². The SMILES string of the molecule is COCC(CNCC(C)C)OCCC(C)(C)OC. The first-order valence-corrected chi connectivity index (χ1v) is 6.77. The average Bonchev–Trinajstić information content (AvgIpc) is 2.28. The van der Waals surface area contributed by atoms with E-state index in [4.69, 9.17) is 14.2 Å². The minimum atomic E-state index is -0.122. The van der Waals surface area contributed by atoms with E-state index in [9.17, 15) is 0 Å². The number of nitrogens with one attached hydrogen (secondary N) is 1. The number of ether oxygens (including phenoxy) is 3. The van der Waals surface area contributed by atoms with E-state index in [0.29, 0.717) is 19.1 Å². The van der Waals surface area contributed by atoms with Gasteiger partial charge in [0, 0.05) is 27.4 Å². The molecule has 0 fully saturated rings. The Bertz CT molecular complexity index is 195. The molecule has 0 radical (unpaired) electrons. The van der Waals surface area contributed by atoms with Crippen LogP contribution in [0.15, 0.2) is 0 Å². The summed E-state index contributed by atoms with van der Waals surface area (Å²) in [5, 5.41) is 3.40. The van der Waals surface area contributed by atoms with E-state index in [1.54, 1.807) is 14.2 Å². The van der Waals surface area contributed by atoms with Crippen LogP contribution in [0.25, 0.3) is 0 Å². The van der Waals surface area contributed by atoms with E-state index >= 15 is 0 Å². The molecule has 18 heavy (non-hydrogen) atoms. The van der Waals surface area contributed by atoms with Crippen LogP contribution in [0.5, 0.6) is 0 Å². The van der Waals surface area contributed by atoms with Crippen LogP contribution in [0.2, 0.25) is 0 Å². The van der Waals surface area contributed by atoms with Gasteiger partial charge in [0.15, 0.2) is 0 Å². The summed E-state index contributed by atoms with van der Waals surface area (Å²) in [4.78, 5) is 0. The number of methoxy groups -OCH3 is 2. The summed E-state index contributed by atoms with van der Waals surface area (Å²) in [5.41, 5.74) is -0.122. The van der Waals surface area contributed by atoms with Gasteiger partial charge in [-0.2, -0.15) is 0 Å². The second-order valence-electron chi connectivity index (χ2n) is 5.71. The smallest absolute Gasteiger partial charge is 0.0932 e. The third-order valence-electron chi connectivity index (χ3n) is 2.89. The summed E-state index contributed by atoms with van der Waals surface area (Å²) >= 11 is 0. The monoisotopic (exact) mass is 261 g/mol. The first-order chi connectivity index (χ1) is 8.41. The normalized spacial score (nSPS) is 14.2. The number of rotatable bonds is 11. The van der Waals surface area contributed by atoms with Crippen molar-refractivity contribution >= 4 is 0 Å². The Morgan fingerprint density at radius 1 is 1.11 bits per heavy atom. The molecule has 1 N–H and O–H groups in total. The summed E-state index contributed by atoms with van der Waals surface area (Å²) in [5.74, 6) is 0.653. The maximum absolute atomic E-state index is 5.83. The summed E-state index contributed by atoms with van der Waals surface area (Å²) in [6.07, 6.45) is 0.995. The fraction of sp³-hybridized carbons (Fsp3) is 1.00. The molecule has 0 aromatic rings. The van der Waals surface area contributed by atoms with Crippen molar-refractivity contribution in [1.29, 1.82) is 0 Å². The minimum absolute atomic E-state index is 0.112. The van der Waals surface area contributed by atoms with E-state index in [-0.39, 0.29) is 11.7 Å². The van der Waals surface area contributed by atoms with Crippen molar-refractivity contribution in [2.24, 2.45) is 5.92 Å². The lowest BCUT2D eigenvalue weighted by Crippen LogP contribution is -2.35. The van der Waals surface area contributed by atoms with Gasteiger partial charge in [0.05, 0.1) is 18.3 Å². The molecule has 0 aliphatic rings. The highest BCUT2D eigenvalue weighted by atomic mass is 16.5. The van der Waals surface area contributed by atoms with Crippen molar-refractivity contribution in [3.8, 4) is 0 Å². The quantitative estimate of drug-likeness (QED) is 0.618. The highest BCUT2D eigenvalue weighted by molar-refractivity contribution is 4.68. The molecular formula is C14H31NO3. The van der Waals surface area contributed by atoms with Gasteiger partial charge in [-0.1, -0.05) is 13.8 Å². The van der Waals surface area contributed by atoms with Crippen LogP contribution in [-0.4, -0.2) is 52.2 Å². The molecule has 0 aliphatic carbocycles. The van der Waals surface area contributed by atoms with Gasteiger partial charge in [0.2, 0.25) is 0 Å². The van der Waals surface area contributed by atoms with Gasteiger partial charge in [-0.05, 0) is 32.7 Å². The molecule has 0 aromatic heterocycles. The van der Waals surface area contributed by atoms with Gasteiger partial charge in [-0.15, -0.1) is 0 Å². The van der Waals surface area contributed by atoms with Crippen molar-refractivity contribution < 1.29 is 14.2 Å². The molecular weight excluding hydrogens is 230 g/mol. The molecule has 0 saturated carbocycles. The Labute approximate surface area is 112 Å². The fourth-order valence-electron chi connectivity index (χ4n) is 1.46. The van der Waals surface area contributed by atoms with Crippen molar-refractivity contribution in [2.75, 3.05) is 40.5 Å². The molecule has 1 atom stereocenters. The fourth-order valence-corrected chi connectivity index (χ4v) is 1.46. The highest BCUT2D eigenvalue weighted by Crippen LogP contribution is 2.13. The Balaban J connectivity index is 3.82. The lowest BCUT2D eigenvalue weighted by Gasteiger charge is -2.25. The molecule has 0 bridgehead atoms. The van der Waals surface area contributed by atoms with E-state index in [1.807, 2.05) is 0 Å². The number of hydrogen-bond donors (Lipinski definition) is 1. The average molecular weight is 261 g/mol. The van der Waals surface area contributed by atoms with Crippen LogP contribution in [-0.2, 0) is 14.2 Å². The molecule has 110 valence electrons. The highest BCUT2D eigenvalue weighted by Gasteiger charge is 2.17. The first kappa shape index (κ1) is 17.8. The molecule has 4 heteroatoms. The molecule has 0 amide bonds. The summed E-state index contributed by atoms with van der Waals surface area (Å²) in [6, 6.07) is 0. The third-order valence-corrected chi connectivity index (χ3v) is 2.89. The molecule has 1 unspecified atom stereocenters. The van der Waals surface area contributed by atoms with Crippen molar-refractivity contribution in [1.82, 2.24) is 5.32 Å². The molecule has 0 saturated heterocycles. The molecule has 0 spiro atoms. The summed E-state index contributed by atoms with van der Waals surface area (Å²) < 4.78 is 16.4. The first-order valence-electron chi connectivity index (χ1n) is 6.77. The topological polar surface area (TPSA) is 39.7 Å². The molecule has 0 rings (SSSR count). The van der Waals surface area contributed by atoms with Crippen molar-refractivity contribution in [3.05, 3.63) is 0 Å². The van der Waals surface area contributed by atoms with Gasteiger partial charge < -0.3 is 19.5 Å². The van der Waals surface area contributed by atoms with Crippen LogP contribution in [0, 0.1) is 5.92 Å². The zero-order valence-electron chi connectivity index (χ0n) is 12.9. The van der Waals surface area contributed by atoms with E-state index in [2.05, 4.69) is 33.0 Å². The van der Waals surface area contributed by atoms with Gasteiger partial charge in [-0.25, -0.2) is 0 Å². The Morgan fingerprint density at radius 3 is 2.28 bits per heavy atom. The van der Waals surface area contributed by atoms with Crippen LogP contribution in [0.1, 0.15) is 34.1 Å². The molecule has 0 aliphatic heterocycles. The molecule has 0 aromatic carbocycles. The third kappa shape index (κ3) is 9.83. The summed E-state index contributed by atoms with van der Waals surface area (Å²) in [7, 11) is 3.44. The van der Waals surface area contributed by atoms with Crippen molar-refractivity contribution in [2.45, 2.75) is 45.8 Å². The Morgan fingerprint density at radius 2 is 1.78 bits per heavy atom. The predicted molar refractivity (Wildman–Crippen MR) is 75.0 cm³/mol. The zero-order valence-corrected chi connectivity index (χ0v) is 12.9. The van der Waals surface area contributed by atoms with Crippen LogP contribution >= 0.6 is 0 Å². The van der Waals surface area contributed by atoms with E-state index < -0.39 is 0 Å². The molecule has 4 nitrogen and oxygen atoms in total. The van der Waals surface area contributed by atoms with Crippen molar-refractivity contribution in [3.63, 3.8) is 0 Å².